The van der Waals surface area contributed by atoms with E-state index in [9.17, 15) is 23.4 Å². The van der Waals surface area contributed by atoms with E-state index in [4.69, 9.17) is 4.74 Å². The summed E-state index contributed by atoms with van der Waals surface area (Å²) in [6.45, 7) is 9.67. The van der Waals surface area contributed by atoms with Gasteiger partial charge in [-0.25, -0.2) is 17.9 Å². The summed E-state index contributed by atoms with van der Waals surface area (Å²) in [5.41, 5.74) is 2.26. The summed E-state index contributed by atoms with van der Waals surface area (Å²) < 4.78 is 33.0. The van der Waals surface area contributed by atoms with Gasteiger partial charge in [0.2, 0.25) is 0 Å². The average molecular weight is 666 g/mol. The van der Waals surface area contributed by atoms with Crippen molar-refractivity contribution in [3.63, 3.8) is 0 Å². The molecule has 0 aromatic heterocycles. The van der Waals surface area contributed by atoms with Crippen LogP contribution >= 0.6 is 0 Å². The Labute approximate surface area is 281 Å². The number of hydrogen-bond acceptors (Lipinski definition) is 6. The van der Waals surface area contributed by atoms with Crippen LogP contribution in [0.25, 0.3) is 11.1 Å². The number of fused-ring (bicyclic) bond motifs is 5. The molecule has 0 unspecified atom stereocenters. The number of rotatable bonds is 9. The lowest BCUT2D eigenvalue weighted by molar-refractivity contribution is -0.203. The normalized spacial score (nSPS) is 37.2. The second-order valence-corrected chi connectivity index (χ2v) is 17.6. The van der Waals surface area contributed by atoms with Gasteiger partial charge in [-0.15, -0.1) is 0 Å². The van der Waals surface area contributed by atoms with E-state index >= 15 is 0 Å². The van der Waals surface area contributed by atoms with Crippen LogP contribution in [0.3, 0.4) is 0 Å². The van der Waals surface area contributed by atoms with Crippen LogP contribution in [0.15, 0.2) is 59.5 Å². The molecule has 3 N–H and O–H groups in total. The van der Waals surface area contributed by atoms with Crippen molar-refractivity contribution >= 4 is 16.1 Å². The Morgan fingerprint density at radius 1 is 0.915 bits per heavy atom. The highest BCUT2D eigenvalue weighted by atomic mass is 32.2. The van der Waals surface area contributed by atoms with Crippen LogP contribution in [0.4, 0.5) is 4.79 Å². The molecule has 6 rings (SSSR count). The Hall–Kier alpha value is -2.42. The minimum absolute atomic E-state index is 0.0143. The van der Waals surface area contributed by atoms with Gasteiger partial charge in [0.15, 0.2) is 0 Å². The van der Waals surface area contributed by atoms with Crippen LogP contribution in [0, 0.1) is 52.3 Å². The Bertz CT molecular complexity index is 1500. The molecule has 2 aromatic rings. The molecule has 7 nitrogen and oxygen atoms in total. The number of hydrogen-bond donors (Lipinski definition) is 3. The second kappa shape index (κ2) is 13.5. The molecule has 0 aliphatic heterocycles. The number of amides is 1. The summed E-state index contributed by atoms with van der Waals surface area (Å²) in [6, 6.07) is 16.1. The van der Waals surface area contributed by atoms with Crippen LogP contribution in [0.5, 0.6) is 0 Å². The number of benzene rings is 2. The predicted octanol–water partition coefficient (Wildman–Crippen LogP) is 7.81. The van der Waals surface area contributed by atoms with Gasteiger partial charge in [0.25, 0.3) is 10.0 Å². The number of aliphatic hydroxyl groups excluding tert-OH is 2. The van der Waals surface area contributed by atoms with Crippen molar-refractivity contribution in [1.29, 1.82) is 0 Å². The average Bonchev–Trinajstić information content (AvgIpc) is 3.41. The monoisotopic (exact) mass is 665 g/mol. The lowest BCUT2D eigenvalue weighted by Crippen LogP contribution is -2.62. The fraction of sp³-hybridized carbons (Fsp3) is 0.667. The van der Waals surface area contributed by atoms with Crippen molar-refractivity contribution in [2.45, 2.75) is 109 Å². The van der Waals surface area contributed by atoms with E-state index in [1.807, 2.05) is 30.3 Å². The molecule has 47 heavy (non-hydrogen) atoms. The number of sulfonamides is 1. The maximum absolute atomic E-state index is 12.8. The molecule has 1 amide bonds. The molecule has 0 radical (unpaired) electrons. The van der Waals surface area contributed by atoms with E-state index < -0.39 is 16.1 Å². The summed E-state index contributed by atoms with van der Waals surface area (Å²) in [7, 11) is -4.04. The van der Waals surface area contributed by atoms with Crippen molar-refractivity contribution in [2.75, 3.05) is 6.61 Å². The van der Waals surface area contributed by atoms with Gasteiger partial charge in [0.1, 0.15) is 0 Å². The van der Waals surface area contributed by atoms with E-state index in [0.717, 1.165) is 62.5 Å². The second-order valence-electron chi connectivity index (χ2n) is 15.9. The Balaban J connectivity index is 1.02. The van der Waals surface area contributed by atoms with Crippen molar-refractivity contribution in [3.8, 4) is 11.1 Å². The quantitative estimate of drug-likeness (QED) is 0.236. The lowest BCUT2D eigenvalue weighted by atomic mass is 9.41. The zero-order chi connectivity index (χ0) is 33.6. The third-order valence-electron chi connectivity index (χ3n) is 13.7. The maximum Gasteiger partial charge on any atom is 0.421 e. The number of aliphatic hydroxyl groups is 2. The summed E-state index contributed by atoms with van der Waals surface area (Å²) in [4.78, 5) is 12.5. The lowest BCUT2D eigenvalue weighted by Gasteiger charge is -2.64. The fourth-order valence-corrected chi connectivity index (χ4v) is 12.2. The van der Waals surface area contributed by atoms with Gasteiger partial charge >= 0.3 is 6.09 Å². The van der Waals surface area contributed by atoms with E-state index in [1.165, 1.54) is 18.6 Å². The van der Waals surface area contributed by atoms with Gasteiger partial charge in [0, 0.05) is 0 Å². The summed E-state index contributed by atoms with van der Waals surface area (Å²) in [5, 5.41) is 22.5. The number of carbonyl (C=O) groups is 1. The van der Waals surface area contributed by atoms with E-state index in [0.29, 0.717) is 41.9 Å². The van der Waals surface area contributed by atoms with Gasteiger partial charge < -0.3 is 14.9 Å². The Morgan fingerprint density at radius 3 is 2.28 bits per heavy atom. The predicted molar refractivity (Wildman–Crippen MR) is 184 cm³/mol. The largest absolute Gasteiger partial charge is 0.449 e. The van der Waals surface area contributed by atoms with Crippen molar-refractivity contribution < 1.29 is 28.2 Å². The molecule has 8 heteroatoms. The molecular weight excluding hydrogens is 610 g/mol. The first kappa shape index (κ1) is 34.4. The summed E-state index contributed by atoms with van der Waals surface area (Å²) in [5.74, 6) is 3.02. The first-order chi connectivity index (χ1) is 22.4. The van der Waals surface area contributed by atoms with Crippen molar-refractivity contribution in [3.05, 3.63) is 54.6 Å². The molecule has 2 aromatic carbocycles. The van der Waals surface area contributed by atoms with Gasteiger partial charge in [-0.2, -0.15) is 0 Å². The first-order valence-corrected chi connectivity index (χ1v) is 19.6. The van der Waals surface area contributed by atoms with Gasteiger partial charge in [-0.3, -0.25) is 0 Å². The minimum Gasteiger partial charge on any atom is -0.449 e. The van der Waals surface area contributed by atoms with Crippen LogP contribution in [-0.4, -0.2) is 43.5 Å². The molecular formula is C39H55NO6S. The van der Waals surface area contributed by atoms with Crippen molar-refractivity contribution in [1.82, 2.24) is 4.72 Å². The molecule has 258 valence electrons. The smallest absolute Gasteiger partial charge is 0.421 e. The minimum atomic E-state index is -4.04. The molecule has 0 heterocycles. The van der Waals surface area contributed by atoms with Crippen LogP contribution in [0.2, 0.25) is 0 Å². The highest BCUT2D eigenvalue weighted by Crippen LogP contribution is 2.69. The molecule has 0 bridgehead atoms. The number of ether oxygens (including phenoxy) is 1. The molecule has 4 aliphatic carbocycles. The fourth-order valence-electron chi connectivity index (χ4n) is 11.4. The van der Waals surface area contributed by atoms with E-state index in [2.05, 4.69) is 32.4 Å². The third kappa shape index (κ3) is 6.39. The first-order valence-electron chi connectivity index (χ1n) is 18.1. The summed E-state index contributed by atoms with van der Waals surface area (Å²) in [6.07, 6.45) is 8.53. The molecule has 11 atom stereocenters. The van der Waals surface area contributed by atoms with Gasteiger partial charge in [-0.05, 0) is 133 Å². The topological polar surface area (TPSA) is 113 Å². The zero-order valence-corrected chi connectivity index (χ0v) is 29.4. The highest BCUT2D eigenvalue weighted by molar-refractivity contribution is 7.90. The van der Waals surface area contributed by atoms with Crippen LogP contribution in [-0.2, 0) is 14.8 Å². The number of carbonyl (C=O) groups excluding carboxylic acids is 1. The van der Waals surface area contributed by atoms with E-state index in [-0.39, 0.29) is 40.5 Å². The Kier molecular flexibility index (Phi) is 9.87. The molecule has 4 fully saturated rings. The van der Waals surface area contributed by atoms with Gasteiger partial charge in [-0.1, -0.05) is 76.6 Å². The van der Waals surface area contributed by atoms with Crippen molar-refractivity contribution in [2.24, 2.45) is 52.3 Å². The number of nitrogens with one attached hydrogen (secondary N) is 1. The standard InChI is InChI=1S/C39H55NO6S/c1-5-30-34-24-28(41)19-21-39(34,4)33-20-22-38(3)31(17-18-32(38)35(33)36(30)42)25(2)10-9-23-46-37(43)40-47(44,45)29-15-13-27(14-16-29)26-11-7-6-8-12-26/h6-8,11-16,25,28,30-36,41-42H,5,9-10,17-24H2,1-4H3,(H,40,43)/t25-,28-,30-,31-,32+,33+,34+,35+,36-,38-,39-/m1/s1. The molecule has 4 aliphatic rings. The molecule has 0 spiro atoms. The van der Waals surface area contributed by atoms with E-state index in [1.54, 1.807) is 12.1 Å². The van der Waals surface area contributed by atoms with Crippen LogP contribution < -0.4 is 4.72 Å². The molecule has 4 saturated carbocycles. The molecule has 0 saturated heterocycles. The Morgan fingerprint density at radius 2 is 1.57 bits per heavy atom. The SMILES string of the molecule is CC[C@H]1[C@@H](O)[C@@H]2[C@H](CC[C@]3(C)[C@@H]([C@H](C)CCCOC(=O)NS(=O)(=O)c4ccc(-c5ccccc5)cc4)CC[C@@H]23)[C@@]2(C)CC[C@@H](O)C[C@@H]12. The summed E-state index contributed by atoms with van der Waals surface area (Å²) >= 11 is 0. The van der Waals surface area contributed by atoms with Crippen LogP contribution in [0.1, 0.15) is 91.9 Å². The third-order valence-corrected chi connectivity index (χ3v) is 15.0. The maximum atomic E-state index is 12.8. The zero-order valence-electron chi connectivity index (χ0n) is 28.6. The highest BCUT2D eigenvalue weighted by Gasteiger charge is 2.64. The van der Waals surface area contributed by atoms with Gasteiger partial charge in [0.05, 0.1) is 23.7 Å².